The molecule has 0 radical (unpaired) electrons. The van der Waals surface area contributed by atoms with Crippen LogP contribution in [0.15, 0.2) is 89.7 Å². The largest absolute Gasteiger partial charge is 0.434 e. The van der Waals surface area contributed by atoms with Gasteiger partial charge in [-0.25, -0.2) is 10.8 Å². The number of nitrogens with two attached hydrogens (primary N) is 2. The Morgan fingerprint density at radius 3 is 2.31 bits per heavy atom. The summed E-state index contributed by atoms with van der Waals surface area (Å²) in [6.45, 7) is 5.45. The zero-order valence-corrected chi connectivity index (χ0v) is 22.8. The van der Waals surface area contributed by atoms with Crippen LogP contribution in [0, 0.1) is 13.8 Å². The van der Waals surface area contributed by atoms with E-state index in [2.05, 4.69) is 4.98 Å². The van der Waals surface area contributed by atoms with Crippen LogP contribution < -0.4 is 16.6 Å². The first-order chi connectivity index (χ1) is 18.4. The molecule has 1 heterocycles. The molecule has 2 atom stereocenters. The molecule has 0 aliphatic rings. The molecule has 0 saturated carbocycles. The molecule has 204 valence electrons. The zero-order chi connectivity index (χ0) is 28.5. The highest BCUT2D eigenvalue weighted by atomic mass is 32.2. The molecule has 0 fully saturated rings. The van der Waals surface area contributed by atoms with Crippen molar-refractivity contribution in [1.82, 2.24) is 9.55 Å². The number of hydrogen-bond donors (Lipinski definition) is 2. The number of allylic oxidation sites excluding steroid dienone is 1. The van der Waals surface area contributed by atoms with E-state index in [9.17, 15) is 17.4 Å². The molecular weight excluding hydrogens is 523 g/mol. The van der Waals surface area contributed by atoms with Crippen LogP contribution in [0.3, 0.4) is 0 Å². The molecule has 10 heteroatoms. The normalized spacial score (nSPS) is 13.8. The van der Waals surface area contributed by atoms with E-state index in [1.165, 1.54) is 22.7 Å². The molecule has 39 heavy (non-hydrogen) atoms. The van der Waals surface area contributed by atoms with Crippen LogP contribution in [0.4, 0.5) is 18.9 Å². The highest BCUT2D eigenvalue weighted by molar-refractivity contribution is 7.84. The summed E-state index contributed by atoms with van der Waals surface area (Å²) in [7, 11) is -1.19. The number of nitrogens with zero attached hydrogens (tertiary/aromatic N) is 3. The lowest BCUT2D eigenvalue weighted by atomic mass is 9.96. The van der Waals surface area contributed by atoms with Crippen molar-refractivity contribution in [3.63, 3.8) is 0 Å². The van der Waals surface area contributed by atoms with E-state index >= 15 is 0 Å². The molecule has 0 aliphatic carbocycles. The van der Waals surface area contributed by atoms with Crippen molar-refractivity contribution < 1.29 is 17.4 Å². The molecule has 4 rings (SSSR count). The number of hydrogen-bond acceptors (Lipinski definition) is 5. The summed E-state index contributed by atoms with van der Waals surface area (Å²) in [6, 6.07) is 20.5. The van der Waals surface area contributed by atoms with Crippen molar-refractivity contribution >= 4 is 16.5 Å². The van der Waals surface area contributed by atoms with Crippen LogP contribution in [0.25, 0.3) is 16.8 Å². The number of aryl methyl sites for hydroxylation is 2. The van der Waals surface area contributed by atoms with Crippen LogP contribution in [0.2, 0.25) is 0 Å². The Balaban J connectivity index is 1.88. The van der Waals surface area contributed by atoms with Crippen molar-refractivity contribution in [2.24, 2.45) is 11.6 Å². The second-order valence-electron chi connectivity index (χ2n) is 9.32. The lowest BCUT2D eigenvalue weighted by Gasteiger charge is -2.29. The number of halogens is 3. The number of benzene rings is 3. The predicted molar refractivity (Wildman–Crippen MR) is 150 cm³/mol. The maximum absolute atomic E-state index is 13.5. The highest BCUT2D eigenvalue weighted by Gasteiger charge is 2.35. The number of aromatic nitrogens is 2. The lowest BCUT2D eigenvalue weighted by Crippen LogP contribution is -2.34. The van der Waals surface area contributed by atoms with Crippen LogP contribution in [-0.2, 0) is 17.0 Å². The summed E-state index contributed by atoms with van der Waals surface area (Å²) < 4.78 is 53.9. The molecule has 0 saturated heterocycles. The predicted octanol–water partition coefficient (Wildman–Crippen LogP) is 6.20. The van der Waals surface area contributed by atoms with Gasteiger partial charge in [0.1, 0.15) is 5.82 Å². The van der Waals surface area contributed by atoms with E-state index in [1.807, 2.05) is 50.2 Å². The van der Waals surface area contributed by atoms with Crippen LogP contribution in [0.5, 0.6) is 0 Å². The molecule has 0 amide bonds. The summed E-state index contributed by atoms with van der Waals surface area (Å²) in [5.41, 5.74) is 10.0. The first-order valence-corrected chi connectivity index (χ1v) is 13.7. The number of anilines is 1. The summed E-state index contributed by atoms with van der Waals surface area (Å²) >= 11 is 0. The maximum atomic E-state index is 13.5. The summed E-state index contributed by atoms with van der Waals surface area (Å²) in [5, 5.41) is 1.40. The molecule has 1 aromatic heterocycles. The van der Waals surface area contributed by atoms with E-state index in [4.69, 9.17) is 11.6 Å². The first-order valence-electron chi connectivity index (χ1n) is 12.2. The van der Waals surface area contributed by atoms with Gasteiger partial charge in [-0.2, -0.15) is 13.2 Å². The van der Waals surface area contributed by atoms with E-state index in [0.717, 1.165) is 28.5 Å². The minimum Gasteiger partial charge on any atom is -0.403 e. The number of rotatable bonds is 7. The fourth-order valence-corrected chi connectivity index (χ4v) is 4.97. The molecule has 0 bridgehead atoms. The van der Waals surface area contributed by atoms with Crippen LogP contribution >= 0.6 is 0 Å². The Labute approximate surface area is 228 Å². The molecule has 3 aromatic carbocycles. The zero-order valence-electron chi connectivity index (χ0n) is 22.0. The number of imidazole rings is 1. The van der Waals surface area contributed by atoms with Crippen molar-refractivity contribution in [2.45, 2.75) is 37.8 Å². The average Bonchev–Trinajstić information content (AvgIpc) is 3.31. The summed E-state index contributed by atoms with van der Waals surface area (Å²) in [6.07, 6.45) is -0.640. The first kappa shape index (κ1) is 28.1. The minimum atomic E-state index is -4.60. The SMILES string of the molecule is Cc1ccc(C(C)/C(=C/N)N(N)c2cc(-c3cccc(S(C)=O)c3)ccc2-n2cc(C(F)(F)F)nc2C)cc1. The monoisotopic (exact) mass is 553 g/mol. The fourth-order valence-electron chi connectivity index (χ4n) is 4.41. The minimum absolute atomic E-state index is 0.151. The topological polar surface area (TPSA) is 90.2 Å². The molecule has 4 aromatic rings. The van der Waals surface area contributed by atoms with Gasteiger partial charge >= 0.3 is 6.18 Å². The maximum Gasteiger partial charge on any atom is 0.434 e. The van der Waals surface area contributed by atoms with Gasteiger partial charge in [-0.15, -0.1) is 0 Å². The number of alkyl halides is 3. The Bertz CT molecular complexity index is 1540. The lowest BCUT2D eigenvalue weighted by molar-refractivity contribution is -0.141. The summed E-state index contributed by atoms with van der Waals surface area (Å²) in [4.78, 5) is 4.38. The standard InChI is InChI=1S/C29H30F3N5OS/c1-18-8-10-21(11-9-18)19(2)27(16-33)37(34)26-15-23(22-6-5-7-24(14-22)39(4)38)12-13-25(26)36-17-28(29(30,31)32)35-20(36)3/h5-17,19H,33-34H2,1-4H3/b27-16-. The molecule has 0 aliphatic heterocycles. The second-order valence-corrected chi connectivity index (χ2v) is 10.7. The third-order valence-electron chi connectivity index (χ3n) is 6.64. The van der Waals surface area contributed by atoms with Gasteiger partial charge in [0.25, 0.3) is 0 Å². The van der Waals surface area contributed by atoms with Crippen molar-refractivity contribution in [2.75, 3.05) is 11.3 Å². The third kappa shape index (κ3) is 5.91. The fraction of sp³-hybridized carbons (Fsp3) is 0.207. The van der Waals surface area contributed by atoms with Gasteiger partial charge in [-0.1, -0.05) is 55.0 Å². The van der Waals surface area contributed by atoms with Crippen molar-refractivity contribution in [3.05, 3.63) is 107 Å². The smallest absolute Gasteiger partial charge is 0.403 e. The van der Waals surface area contributed by atoms with Gasteiger partial charge in [0.05, 0.1) is 17.1 Å². The molecule has 2 unspecified atom stereocenters. The molecule has 6 nitrogen and oxygen atoms in total. The molecule has 4 N–H and O–H groups in total. The van der Waals surface area contributed by atoms with Gasteiger partial charge in [0, 0.05) is 40.3 Å². The van der Waals surface area contributed by atoms with Gasteiger partial charge in [0.15, 0.2) is 5.69 Å². The molecular formula is C29H30F3N5OS. The van der Waals surface area contributed by atoms with Crippen molar-refractivity contribution in [3.8, 4) is 16.8 Å². The van der Waals surface area contributed by atoms with Gasteiger partial charge in [-0.3, -0.25) is 9.22 Å². The Morgan fingerprint density at radius 2 is 1.72 bits per heavy atom. The van der Waals surface area contributed by atoms with E-state index in [1.54, 1.807) is 36.6 Å². The van der Waals surface area contributed by atoms with Crippen molar-refractivity contribution in [1.29, 1.82) is 0 Å². The average molecular weight is 554 g/mol. The Kier molecular flexibility index (Phi) is 7.99. The van der Waals surface area contributed by atoms with Gasteiger partial charge in [0.2, 0.25) is 0 Å². The number of hydrazine groups is 1. The van der Waals surface area contributed by atoms with E-state index in [-0.39, 0.29) is 11.7 Å². The second kappa shape index (κ2) is 11.1. The van der Waals surface area contributed by atoms with E-state index < -0.39 is 22.7 Å². The quantitative estimate of drug-likeness (QED) is 0.210. The van der Waals surface area contributed by atoms with E-state index in [0.29, 0.717) is 22.0 Å². The van der Waals surface area contributed by atoms with Crippen LogP contribution in [0.1, 0.15) is 35.5 Å². The van der Waals surface area contributed by atoms with Gasteiger partial charge < -0.3 is 10.3 Å². The Hall–Kier alpha value is -3.89. The third-order valence-corrected chi connectivity index (χ3v) is 7.55. The molecule has 0 spiro atoms. The van der Waals surface area contributed by atoms with Gasteiger partial charge in [-0.05, 0) is 54.8 Å². The van der Waals surface area contributed by atoms with Crippen LogP contribution in [-0.4, -0.2) is 20.0 Å². The Morgan fingerprint density at radius 1 is 1.05 bits per heavy atom. The summed E-state index contributed by atoms with van der Waals surface area (Å²) in [5.74, 6) is 6.63. The highest BCUT2D eigenvalue weighted by Crippen LogP contribution is 2.37.